The van der Waals surface area contributed by atoms with E-state index in [1.165, 1.54) is 6.07 Å². The molecule has 6 nitrogen and oxygen atoms in total. The predicted octanol–water partition coefficient (Wildman–Crippen LogP) is 2.22. The molecule has 1 fully saturated rings. The fraction of sp³-hybridized carbons (Fsp3) is 0.545. The molecule has 0 saturated carbocycles. The Hall–Kier alpha value is -1.21. The van der Waals surface area contributed by atoms with E-state index in [2.05, 4.69) is 31.5 Å². The van der Waals surface area contributed by atoms with Gasteiger partial charge in [-0.3, -0.25) is 10.1 Å². The van der Waals surface area contributed by atoms with E-state index in [4.69, 9.17) is 0 Å². The summed E-state index contributed by atoms with van der Waals surface area (Å²) in [6.45, 7) is 3.68. The number of aryl methyl sites for hydroxylation is 1. The van der Waals surface area contributed by atoms with Crippen molar-refractivity contribution in [2.75, 3.05) is 18.4 Å². The van der Waals surface area contributed by atoms with Crippen molar-refractivity contribution in [3.63, 3.8) is 0 Å². The summed E-state index contributed by atoms with van der Waals surface area (Å²) < 4.78 is 0.657. The minimum atomic E-state index is -0.402. The van der Waals surface area contributed by atoms with Crippen molar-refractivity contribution in [1.29, 1.82) is 0 Å². The number of nitro groups is 1. The molecule has 0 bridgehead atoms. The quantitative estimate of drug-likeness (QED) is 0.660. The van der Waals surface area contributed by atoms with Crippen molar-refractivity contribution in [1.82, 2.24) is 10.3 Å². The molecule has 0 unspecified atom stereocenters. The number of anilines is 1. The van der Waals surface area contributed by atoms with Gasteiger partial charge >= 0.3 is 5.69 Å². The minimum absolute atomic E-state index is 0.0195. The third-order valence-corrected chi connectivity index (χ3v) is 3.81. The van der Waals surface area contributed by atoms with Crippen LogP contribution in [0.5, 0.6) is 0 Å². The Morgan fingerprint density at radius 1 is 1.56 bits per heavy atom. The Labute approximate surface area is 113 Å². The Morgan fingerprint density at radius 2 is 2.22 bits per heavy atom. The Balaban J connectivity index is 2.24. The summed E-state index contributed by atoms with van der Waals surface area (Å²) in [5.41, 5.74) is 0.767. The summed E-state index contributed by atoms with van der Waals surface area (Å²) >= 11 is 3.27. The number of nitrogens with one attached hydrogen (secondary N) is 2. The fourth-order valence-electron chi connectivity index (χ4n) is 1.98. The van der Waals surface area contributed by atoms with Gasteiger partial charge in [0.25, 0.3) is 0 Å². The van der Waals surface area contributed by atoms with Crippen LogP contribution >= 0.6 is 15.9 Å². The Bertz CT molecular complexity index is 461. The number of aromatic nitrogens is 1. The van der Waals surface area contributed by atoms with E-state index in [1.807, 2.05) is 6.92 Å². The maximum atomic E-state index is 11.0. The Kier molecular flexibility index (Phi) is 4.13. The molecule has 0 amide bonds. The van der Waals surface area contributed by atoms with Gasteiger partial charge in [-0.25, -0.2) is 4.98 Å². The van der Waals surface area contributed by atoms with Crippen molar-refractivity contribution in [3.8, 4) is 0 Å². The zero-order valence-electron chi connectivity index (χ0n) is 10.1. The third-order valence-electron chi connectivity index (χ3n) is 3.01. The van der Waals surface area contributed by atoms with Gasteiger partial charge in [0.2, 0.25) is 5.82 Å². The number of hydrogen-bond acceptors (Lipinski definition) is 5. The van der Waals surface area contributed by atoms with Gasteiger partial charge in [0.1, 0.15) is 0 Å². The van der Waals surface area contributed by atoms with E-state index in [9.17, 15) is 10.1 Å². The zero-order valence-corrected chi connectivity index (χ0v) is 11.7. The molecule has 18 heavy (non-hydrogen) atoms. The lowest BCUT2D eigenvalue weighted by atomic mass is 10.1. The molecule has 2 heterocycles. The highest BCUT2D eigenvalue weighted by molar-refractivity contribution is 9.10. The molecule has 98 valence electrons. The summed E-state index contributed by atoms with van der Waals surface area (Å²) in [6.07, 6.45) is 1.90. The summed E-state index contributed by atoms with van der Waals surface area (Å²) in [4.78, 5) is 14.9. The largest absolute Gasteiger partial charge is 0.362 e. The topological polar surface area (TPSA) is 80.1 Å². The first-order valence-corrected chi connectivity index (χ1v) is 6.66. The van der Waals surface area contributed by atoms with Crippen LogP contribution in [0.15, 0.2) is 10.5 Å². The van der Waals surface area contributed by atoms with E-state index >= 15 is 0 Å². The molecule has 2 N–H and O–H groups in total. The average Bonchev–Trinajstić information content (AvgIpc) is 2.34. The SMILES string of the molecule is Cc1nc(NC2CCNCC2)c([N+](=O)[O-])cc1Br. The second-order valence-electron chi connectivity index (χ2n) is 4.35. The van der Waals surface area contributed by atoms with Crippen LogP contribution in [-0.2, 0) is 0 Å². The molecule has 0 radical (unpaired) electrons. The first-order valence-electron chi connectivity index (χ1n) is 5.86. The van der Waals surface area contributed by atoms with Crippen LogP contribution in [0.4, 0.5) is 11.5 Å². The summed E-state index contributed by atoms with van der Waals surface area (Å²) in [5.74, 6) is 0.368. The molecule has 1 aromatic rings. The monoisotopic (exact) mass is 314 g/mol. The number of pyridine rings is 1. The van der Waals surface area contributed by atoms with E-state index in [-0.39, 0.29) is 11.7 Å². The van der Waals surface area contributed by atoms with Crippen molar-refractivity contribution in [2.24, 2.45) is 0 Å². The number of nitrogens with zero attached hydrogens (tertiary/aromatic N) is 2. The molecule has 1 aromatic heterocycles. The Morgan fingerprint density at radius 3 is 2.83 bits per heavy atom. The van der Waals surface area contributed by atoms with Crippen LogP contribution in [0, 0.1) is 17.0 Å². The molecule has 1 aliphatic rings. The van der Waals surface area contributed by atoms with Gasteiger partial charge in [-0.2, -0.15) is 0 Å². The van der Waals surface area contributed by atoms with Gasteiger partial charge in [0, 0.05) is 16.6 Å². The van der Waals surface area contributed by atoms with E-state index in [0.29, 0.717) is 10.3 Å². The van der Waals surface area contributed by atoms with Crippen LogP contribution in [0.3, 0.4) is 0 Å². The predicted molar refractivity (Wildman–Crippen MR) is 72.8 cm³/mol. The minimum Gasteiger partial charge on any atom is -0.362 e. The molecule has 1 aliphatic heterocycles. The molecule has 1 saturated heterocycles. The third kappa shape index (κ3) is 2.97. The lowest BCUT2D eigenvalue weighted by Gasteiger charge is -2.24. The van der Waals surface area contributed by atoms with E-state index in [0.717, 1.165) is 31.6 Å². The van der Waals surface area contributed by atoms with Crippen molar-refractivity contribution in [3.05, 3.63) is 26.3 Å². The van der Waals surface area contributed by atoms with Gasteiger partial charge in [-0.05, 0) is 48.8 Å². The molecule has 0 aliphatic carbocycles. The second-order valence-corrected chi connectivity index (χ2v) is 5.20. The highest BCUT2D eigenvalue weighted by Crippen LogP contribution is 2.29. The lowest BCUT2D eigenvalue weighted by Crippen LogP contribution is -2.35. The second kappa shape index (κ2) is 5.62. The molecular formula is C11H15BrN4O2. The van der Waals surface area contributed by atoms with Crippen LogP contribution in [0.2, 0.25) is 0 Å². The fourth-order valence-corrected chi connectivity index (χ4v) is 2.28. The normalized spacial score (nSPS) is 16.6. The zero-order chi connectivity index (χ0) is 13.1. The molecule has 0 aromatic carbocycles. The van der Waals surface area contributed by atoms with Crippen LogP contribution in [0.25, 0.3) is 0 Å². The van der Waals surface area contributed by atoms with Gasteiger partial charge in [-0.1, -0.05) is 0 Å². The number of hydrogen-bond donors (Lipinski definition) is 2. The van der Waals surface area contributed by atoms with Crippen LogP contribution < -0.4 is 10.6 Å². The van der Waals surface area contributed by atoms with Crippen LogP contribution in [0.1, 0.15) is 18.5 Å². The highest BCUT2D eigenvalue weighted by atomic mass is 79.9. The highest BCUT2D eigenvalue weighted by Gasteiger charge is 2.21. The van der Waals surface area contributed by atoms with Crippen molar-refractivity contribution < 1.29 is 4.92 Å². The summed E-state index contributed by atoms with van der Waals surface area (Å²) in [6, 6.07) is 1.75. The maximum absolute atomic E-state index is 11.0. The summed E-state index contributed by atoms with van der Waals surface area (Å²) in [5, 5.41) is 17.5. The number of rotatable bonds is 3. The standard InChI is InChI=1S/C11H15BrN4O2/c1-7-9(12)6-10(16(17)18)11(14-7)15-8-2-4-13-5-3-8/h6,8,13H,2-5H2,1H3,(H,14,15). The van der Waals surface area contributed by atoms with Crippen molar-refractivity contribution in [2.45, 2.75) is 25.8 Å². The average molecular weight is 315 g/mol. The van der Waals surface area contributed by atoms with Gasteiger partial charge in [-0.15, -0.1) is 0 Å². The smallest absolute Gasteiger partial charge is 0.312 e. The molecular weight excluding hydrogens is 300 g/mol. The number of piperidine rings is 1. The lowest BCUT2D eigenvalue weighted by molar-refractivity contribution is -0.384. The van der Waals surface area contributed by atoms with Gasteiger partial charge < -0.3 is 10.6 Å². The molecule has 0 atom stereocenters. The van der Waals surface area contributed by atoms with Crippen LogP contribution in [-0.4, -0.2) is 29.0 Å². The van der Waals surface area contributed by atoms with E-state index in [1.54, 1.807) is 0 Å². The van der Waals surface area contributed by atoms with E-state index < -0.39 is 4.92 Å². The maximum Gasteiger partial charge on any atom is 0.312 e. The van der Waals surface area contributed by atoms with Crippen molar-refractivity contribution >= 4 is 27.4 Å². The van der Waals surface area contributed by atoms with Gasteiger partial charge in [0.05, 0.1) is 10.6 Å². The first kappa shape index (κ1) is 13.2. The molecule has 7 heteroatoms. The first-order chi connectivity index (χ1) is 8.58. The molecule has 2 rings (SSSR count). The summed E-state index contributed by atoms with van der Waals surface area (Å²) in [7, 11) is 0. The number of halogens is 1. The molecule has 0 spiro atoms. The van der Waals surface area contributed by atoms with Gasteiger partial charge in [0.15, 0.2) is 0 Å².